The van der Waals surface area contributed by atoms with Gasteiger partial charge in [-0.1, -0.05) is 25.5 Å². The smallest absolute Gasteiger partial charge is 0.132 e. The van der Waals surface area contributed by atoms with Gasteiger partial charge in [0.1, 0.15) is 11.7 Å². The van der Waals surface area contributed by atoms with Crippen LogP contribution in [0.2, 0.25) is 0 Å². The molecule has 0 fully saturated rings. The zero-order valence-corrected chi connectivity index (χ0v) is 10.1. The standard InChI is InChI=1S/C12H15N3S/c1-2-3-7-16-9-6-4-5-8-10(9)12(14)15-11(8)13/h4-6H,2-3,7H2,1H3,(H3,13,14,15). The van der Waals surface area contributed by atoms with Crippen LogP contribution in [0.4, 0.5) is 0 Å². The second kappa shape index (κ2) is 4.70. The van der Waals surface area contributed by atoms with Crippen molar-refractivity contribution in [3.8, 4) is 0 Å². The van der Waals surface area contributed by atoms with Gasteiger partial charge in [-0.25, -0.2) is 0 Å². The second-order valence-electron chi connectivity index (χ2n) is 3.76. The molecule has 4 heteroatoms. The fraction of sp³-hybridized carbons (Fsp3) is 0.333. The van der Waals surface area contributed by atoms with Crippen molar-refractivity contribution in [2.24, 2.45) is 0 Å². The third kappa shape index (κ3) is 1.97. The number of benzene rings is 1. The summed E-state index contributed by atoms with van der Waals surface area (Å²) in [4.78, 5) is 1.12. The molecule has 0 saturated heterocycles. The predicted molar refractivity (Wildman–Crippen MR) is 68.9 cm³/mol. The quantitative estimate of drug-likeness (QED) is 0.553. The number of amidine groups is 2. The zero-order valence-electron chi connectivity index (χ0n) is 9.26. The molecule has 2 rings (SSSR count). The molecule has 1 aliphatic heterocycles. The van der Waals surface area contributed by atoms with E-state index in [2.05, 4.69) is 12.2 Å². The molecule has 0 aliphatic carbocycles. The molecule has 84 valence electrons. The van der Waals surface area contributed by atoms with Crippen LogP contribution in [0.5, 0.6) is 0 Å². The van der Waals surface area contributed by atoms with Crippen LogP contribution in [0.25, 0.3) is 0 Å². The van der Waals surface area contributed by atoms with E-state index < -0.39 is 0 Å². The molecule has 0 amide bonds. The molecule has 0 aromatic heterocycles. The van der Waals surface area contributed by atoms with Gasteiger partial charge in [-0.3, -0.25) is 10.8 Å². The van der Waals surface area contributed by atoms with Gasteiger partial charge in [0.2, 0.25) is 0 Å². The first-order valence-electron chi connectivity index (χ1n) is 5.44. The van der Waals surface area contributed by atoms with Crippen LogP contribution in [0, 0.1) is 10.8 Å². The van der Waals surface area contributed by atoms with E-state index >= 15 is 0 Å². The summed E-state index contributed by atoms with van der Waals surface area (Å²) in [5, 5.41) is 18.3. The van der Waals surface area contributed by atoms with Gasteiger partial charge >= 0.3 is 0 Å². The Kier molecular flexibility index (Phi) is 3.29. The van der Waals surface area contributed by atoms with Crippen molar-refractivity contribution in [2.45, 2.75) is 24.7 Å². The van der Waals surface area contributed by atoms with Gasteiger partial charge in [0.15, 0.2) is 0 Å². The lowest BCUT2D eigenvalue weighted by molar-refractivity contribution is 0.896. The molecule has 3 N–H and O–H groups in total. The number of thioether (sulfide) groups is 1. The van der Waals surface area contributed by atoms with Crippen molar-refractivity contribution in [2.75, 3.05) is 5.75 Å². The van der Waals surface area contributed by atoms with Crippen LogP contribution >= 0.6 is 11.8 Å². The van der Waals surface area contributed by atoms with Gasteiger partial charge in [0.05, 0.1) is 0 Å². The first kappa shape index (κ1) is 11.2. The minimum absolute atomic E-state index is 0.345. The van der Waals surface area contributed by atoms with Crippen molar-refractivity contribution in [1.82, 2.24) is 5.32 Å². The fourth-order valence-electron chi connectivity index (χ4n) is 1.70. The molecule has 1 aromatic rings. The minimum atomic E-state index is 0.345. The molecule has 0 atom stereocenters. The van der Waals surface area contributed by atoms with Crippen LogP contribution in [-0.2, 0) is 0 Å². The highest BCUT2D eigenvalue weighted by Crippen LogP contribution is 2.28. The molecule has 0 unspecified atom stereocenters. The summed E-state index contributed by atoms with van der Waals surface area (Å²) in [6.07, 6.45) is 2.38. The van der Waals surface area contributed by atoms with Crippen molar-refractivity contribution in [3.05, 3.63) is 29.3 Å². The van der Waals surface area contributed by atoms with E-state index in [1.54, 1.807) is 11.8 Å². The minimum Gasteiger partial charge on any atom is -0.325 e. The summed E-state index contributed by atoms with van der Waals surface area (Å²) < 4.78 is 0. The highest BCUT2D eigenvalue weighted by atomic mass is 32.2. The predicted octanol–water partition coefficient (Wildman–Crippen LogP) is 2.83. The first-order chi connectivity index (χ1) is 7.74. The van der Waals surface area contributed by atoms with E-state index in [4.69, 9.17) is 10.8 Å². The van der Waals surface area contributed by atoms with Crippen molar-refractivity contribution >= 4 is 23.4 Å². The molecule has 0 bridgehead atoms. The maximum atomic E-state index is 7.82. The van der Waals surface area contributed by atoms with E-state index in [1.165, 1.54) is 12.8 Å². The molecule has 0 spiro atoms. The SMILES string of the molecule is CCCCSc1cccc2c1C(=N)NC2=N. The van der Waals surface area contributed by atoms with E-state index in [0.717, 1.165) is 21.8 Å². The topological polar surface area (TPSA) is 59.7 Å². The lowest BCUT2D eigenvalue weighted by Crippen LogP contribution is -2.20. The van der Waals surface area contributed by atoms with Crippen LogP contribution in [0.15, 0.2) is 23.1 Å². The van der Waals surface area contributed by atoms with Crippen molar-refractivity contribution in [1.29, 1.82) is 10.8 Å². The summed E-state index contributed by atoms with van der Waals surface area (Å²) in [7, 11) is 0. The Balaban J connectivity index is 2.27. The molecule has 16 heavy (non-hydrogen) atoms. The van der Waals surface area contributed by atoms with Gasteiger partial charge in [0.25, 0.3) is 0 Å². The average Bonchev–Trinajstić information content (AvgIpc) is 2.56. The van der Waals surface area contributed by atoms with Gasteiger partial charge in [-0.05, 0) is 18.2 Å². The Labute approximate surface area is 99.7 Å². The lowest BCUT2D eigenvalue weighted by Gasteiger charge is -2.05. The van der Waals surface area contributed by atoms with Crippen LogP contribution in [-0.4, -0.2) is 17.4 Å². The normalized spacial score (nSPS) is 13.8. The third-order valence-corrected chi connectivity index (χ3v) is 3.70. The van der Waals surface area contributed by atoms with Crippen molar-refractivity contribution in [3.63, 3.8) is 0 Å². The summed E-state index contributed by atoms with van der Waals surface area (Å²) in [6, 6.07) is 5.89. The maximum absolute atomic E-state index is 7.82. The zero-order chi connectivity index (χ0) is 11.5. The Morgan fingerprint density at radius 2 is 2.06 bits per heavy atom. The summed E-state index contributed by atoms with van der Waals surface area (Å²) in [6.45, 7) is 2.18. The molecule has 0 radical (unpaired) electrons. The van der Waals surface area contributed by atoms with E-state index in [9.17, 15) is 0 Å². The number of fused-ring (bicyclic) bond motifs is 1. The van der Waals surface area contributed by atoms with Crippen molar-refractivity contribution < 1.29 is 0 Å². The number of hydrogen-bond donors (Lipinski definition) is 3. The number of hydrogen-bond acceptors (Lipinski definition) is 3. The maximum Gasteiger partial charge on any atom is 0.132 e. The Morgan fingerprint density at radius 3 is 2.81 bits per heavy atom. The highest BCUT2D eigenvalue weighted by Gasteiger charge is 2.23. The Morgan fingerprint density at radius 1 is 1.25 bits per heavy atom. The summed E-state index contributed by atoms with van der Waals surface area (Å²) >= 11 is 1.78. The molecular weight excluding hydrogens is 218 g/mol. The summed E-state index contributed by atoms with van der Waals surface area (Å²) in [5.41, 5.74) is 1.75. The molecular formula is C12H15N3S. The first-order valence-corrected chi connectivity index (χ1v) is 6.43. The van der Waals surface area contributed by atoms with Gasteiger partial charge in [-0.2, -0.15) is 0 Å². The van der Waals surface area contributed by atoms with Gasteiger partial charge < -0.3 is 5.32 Å². The van der Waals surface area contributed by atoms with Crippen LogP contribution < -0.4 is 5.32 Å². The fourth-order valence-corrected chi connectivity index (χ4v) is 2.88. The Hall–Kier alpha value is -1.29. The van der Waals surface area contributed by atoms with E-state index in [1.807, 2.05) is 18.2 Å². The molecule has 0 saturated carbocycles. The third-order valence-electron chi connectivity index (χ3n) is 2.55. The summed E-state index contributed by atoms with van der Waals surface area (Å²) in [5.74, 6) is 1.78. The van der Waals surface area contributed by atoms with E-state index in [0.29, 0.717) is 11.7 Å². The molecule has 1 heterocycles. The lowest BCUT2D eigenvalue weighted by atomic mass is 10.1. The monoisotopic (exact) mass is 233 g/mol. The van der Waals surface area contributed by atoms with Crippen LogP contribution in [0.3, 0.4) is 0 Å². The largest absolute Gasteiger partial charge is 0.325 e. The second-order valence-corrected chi connectivity index (χ2v) is 4.89. The van der Waals surface area contributed by atoms with Gasteiger partial charge in [-0.15, -0.1) is 11.8 Å². The number of nitrogens with one attached hydrogen (secondary N) is 3. The van der Waals surface area contributed by atoms with E-state index in [-0.39, 0.29) is 0 Å². The molecule has 1 aliphatic rings. The number of unbranched alkanes of at least 4 members (excludes halogenated alkanes) is 1. The molecule has 3 nitrogen and oxygen atoms in total. The average molecular weight is 233 g/mol. The Bertz CT molecular complexity index is 440. The van der Waals surface area contributed by atoms with Gasteiger partial charge in [0, 0.05) is 16.0 Å². The number of rotatable bonds is 4. The highest BCUT2D eigenvalue weighted by molar-refractivity contribution is 7.99. The molecule has 1 aromatic carbocycles. The van der Waals surface area contributed by atoms with Crippen LogP contribution in [0.1, 0.15) is 30.9 Å².